The van der Waals surface area contributed by atoms with Gasteiger partial charge >= 0.3 is 0 Å². The molecule has 1 aromatic carbocycles. The van der Waals surface area contributed by atoms with Gasteiger partial charge in [-0.1, -0.05) is 42.1 Å². The van der Waals surface area contributed by atoms with Gasteiger partial charge in [-0.2, -0.15) is 5.26 Å². The molecule has 0 radical (unpaired) electrons. The highest BCUT2D eigenvalue weighted by atomic mass is 32.2. The van der Waals surface area contributed by atoms with Crippen LogP contribution < -0.4 is 10.9 Å². The van der Waals surface area contributed by atoms with Gasteiger partial charge in [-0.15, -0.1) is 0 Å². The number of amides is 1. The molecule has 0 unspecified atom stereocenters. The smallest absolute Gasteiger partial charge is 0.249 e. The van der Waals surface area contributed by atoms with E-state index in [1.165, 1.54) is 6.07 Å². The molecule has 0 aliphatic heterocycles. The van der Waals surface area contributed by atoms with Crippen molar-refractivity contribution in [2.75, 3.05) is 12.8 Å². The van der Waals surface area contributed by atoms with E-state index in [0.29, 0.717) is 22.6 Å². The SMILES string of the molecule is CNC(=O)CSc1[nH]c(=O)cc(Cc2ccccc2)c1C#N. The van der Waals surface area contributed by atoms with E-state index in [1.54, 1.807) is 7.05 Å². The van der Waals surface area contributed by atoms with Crippen molar-refractivity contribution in [1.82, 2.24) is 10.3 Å². The molecule has 112 valence electrons. The van der Waals surface area contributed by atoms with Crippen LogP contribution in [-0.2, 0) is 11.2 Å². The first-order valence-electron chi connectivity index (χ1n) is 6.67. The van der Waals surface area contributed by atoms with Crippen LogP contribution in [0.15, 0.2) is 46.2 Å². The van der Waals surface area contributed by atoms with Crippen LogP contribution in [0, 0.1) is 11.3 Å². The Morgan fingerprint density at radius 1 is 1.36 bits per heavy atom. The lowest BCUT2D eigenvalue weighted by Crippen LogP contribution is -2.20. The standard InChI is InChI=1S/C16H15N3O2S/c1-18-15(21)10-22-16-13(9-17)12(8-14(20)19-16)7-11-5-3-2-4-6-11/h2-6,8H,7,10H2,1H3,(H,18,21)(H,19,20). The Bertz CT molecular complexity index is 763. The predicted octanol–water partition coefficient (Wildman–Crippen LogP) is 1.68. The van der Waals surface area contributed by atoms with Gasteiger partial charge in [-0.05, 0) is 17.5 Å². The van der Waals surface area contributed by atoms with Crippen LogP contribution in [0.1, 0.15) is 16.7 Å². The van der Waals surface area contributed by atoms with Crippen molar-refractivity contribution in [1.29, 1.82) is 5.26 Å². The molecule has 0 aliphatic rings. The molecule has 2 aromatic rings. The number of hydrogen-bond acceptors (Lipinski definition) is 4. The lowest BCUT2D eigenvalue weighted by Gasteiger charge is -2.08. The van der Waals surface area contributed by atoms with E-state index in [9.17, 15) is 14.9 Å². The number of pyridine rings is 1. The summed E-state index contributed by atoms with van der Waals surface area (Å²) >= 11 is 1.15. The number of H-pyrrole nitrogens is 1. The lowest BCUT2D eigenvalue weighted by atomic mass is 10.0. The van der Waals surface area contributed by atoms with Gasteiger partial charge in [0.15, 0.2) is 0 Å². The largest absolute Gasteiger partial charge is 0.358 e. The van der Waals surface area contributed by atoms with Crippen molar-refractivity contribution in [3.05, 3.63) is 63.4 Å². The summed E-state index contributed by atoms with van der Waals surface area (Å²) in [6.45, 7) is 0. The van der Waals surface area contributed by atoms with Gasteiger partial charge in [0, 0.05) is 13.1 Å². The fourth-order valence-corrected chi connectivity index (χ4v) is 2.90. The highest BCUT2D eigenvalue weighted by Gasteiger charge is 2.13. The van der Waals surface area contributed by atoms with Crippen LogP contribution in [0.25, 0.3) is 0 Å². The summed E-state index contributed by atoms with van der Waals surface area (Å²) in [6, 6.07) is 13.2. The third kappa shape index (κ3) is 3.99. The molecule has 0 saturated carbocycles. The summed E-state index contributed by atoms with van der Waals surface area (Å²) in [6.07, 6.45) is 0.501. The van der Waals surface area contributed by atoms with Gasteiger partial charge in [0.05, 0.1) is 16.3 Å². The molecule has 2 rings (SSSR count). The zero-order valence-corrected chi connectivity index (χ0v) is 12.9. The topological polar surface area (TPSA) is 85.8 Å². The third-order valence-corrected chi connectivity index (χ3v) is 4.07. The number of thioether (sulfide) groups is 1. The van der Waals surface area contributed by atoms with Crippen LogP contribution in [0.5, 0.6) is 0 Å². The van der Waals surface area contributed by atoms with Crippen molar-refractivity contribution < 1.29 is 4.79 Å². The molecule has 0 saturated heterocycles. The van der Waals surface area contributed by atoms with E-state index in [1.807, 2.05) is 30.3 Å². The summed E-state index contributed by atoms with van der Waals surface area (Å²) in [4.78, 5) is 25.8. The van der Waals surface area contributed by atoms with Crippen molar-refractivity contribution in [3.63, 3.8) is 0 Å². The molecule has 1 heterocycles. The minimum Gasteiger partial charge on any atom is -0.358 e. The molecular formula is C16H15N3O2S. The molecule has 1 aromatic heterocycles. The van der Waals surface area contributed by atoms with Crippen LogP contribution in [-0.4, -0.2) is 23.7 Å². The third-order valence-electron chi connectivity index (χ3n) is 3.07. The molecule has 0 aliphatic carbocycles. The van der Waals surface area contributed by atoms with E-state index >= 15 is 0 Å². The second-order valence-electron chi connectivity index (χ2n) is 4.60. The number of aromatic nitrogens is 1. The summed E-state index contributed by atoms with van der Waals surface area (Å²) in [5.74, 6) is -0.0150. The fourth-order valence-electron chi connectivity index (χ4n) is 1.98. The Balaban J connectivity index is 2.34. The number of rotatable bonds is 5. The Kier molecular flexibility index (Phi) is 5.39. The Morgan fingerprint density at radius 2 is 2.09 bits per heavy atom. The molecule has 5 nitrogen and oxygen atoms in total. The zero-order chi connectivity index (χ0) is 15.9. The average Bonchev–Trinajstić information content (AvgIpc) is 2.53. The number of benzene rings is 1. The molecule has 1 amide bonds. The van der Waals surface area contributed by atoms with Gasteiger partial charge < -0.3 is 10.3 Å². The number of hydrogen-bond donors (Lipinski definition) is 2. The minimum absolute atomic E-state index is 0.149. The Hall–Kier alpha value is -2.52. The lowest BCUT2D eigenvalue weighted by molar-refractivity contribution is -0.118. The van der Waals surface area contributed by atoms with E-state index in [4.69, 9.17) is 0 Å². The number of aromatic amines is 1. The van der Waals surface area contributed by atoms with Crippen LogP contribution >= 0.6 is 11.8 Å². The summed E-state index contributed by atoms with van der Waals surface area (Å²) in [7, 11) is 1.54. The van der Waals surface area contributed by atoms with Crippen LogP contribution in [0.3, 0.4) is 0 Å². The first-order chi connectivity index (χ1) is 10.6. The van der Waals surface area contributed by atoms with E-state index < -0.39 is 0 Å². The number of nitrogens with one attached hydrogen (secondary N) is 2. The zero-order valence-electron chi connectivity index (χ0n) is 12.1. The van der Waals surface area contributed by atoms with Crippen molar-refractivity contribution in [3.8, 4) is 6.07 Å². The first-order valence-corrected chi connectivity index (χ1v) is 7.66. The summed E-state index contributed by atoms with van der Waals surface area (Å²) in [5.41, 5.74) is 1.82. The fraction of sp³-hybridized carbons (Fsp3) is 0.188. The maximum Gasteiger partial charge on any atom is 0.249 e. The van der Waals surface area contributed by atoms with Gasteiger partial charge in [0.2, 0.25) is 11.5 Å². The highest BCUT2D eigenvalue weighted by Crippen LogP contribution is 2.22. The maximum atomic E-state index is 11.8. The number of carbonyl (C=O) groups is 1. The number of nitrogens with zero attached hydrogens (tertiary/aromatic N) is 1. The minimum atomic E-state index is -0.274. The Labute approximate surface area is 132 Å². The van der Waals surface area contributed by atoms with Gasteiger partial charge in [-0.3, -0.25) is 9.59 Å². The average molecular weight is 313 g/mol. The Morgan fingerprint density at radius 3 is 2.73 bits per heavy atom. The second-order valence-corrected chi connectivity index (χ2v) is 5.58. The summed E-state index contributed by atoms with van der Waals surface area (Å²) < 4.78 is 0. The molecule has 0 atom stereocenters. The van der Waals surface area contributed by atoms with Gasteiger partial charge in [0.1, 0.15) is 6.07 Å². The van der Waals surface area contributed by atoms with E-state index in [0.717, 1.165) is 17.3 Å². The molecule has 0 spiro atoms. The van der Waals surface area contributed by atoms with Crippen LogP contribution in [0.4, 0.5) is 0 Å². The normalized spacial score (nSPS) is 10.0. The maximum absolute atomic E-state index is 11.8. The molecule has 0 bridgehead atoms. The van der Waals surface area contributed by atoms with Crippen molar-refractivity contribution >= 4 is 17.7 Å². The molecular weight excluding hydrogens is 298 g/mol. The van der Waals surface area contributed by atoms with E-state index in [-0.39, 0.29) is 17.2 Å². The summed E-state index contributed by atoms with van der Waals surface area (Å²) in [5, 5.41) is 12.3. The van der Waals surface area contributed by atoms with Crippen molar-refractivity contribution in [2.45, 2.75) is 11.4 Å². The predicted molar refractivity (Wildman–Crippen MR) is 85.8 cm³/mol. The first kappa shape index (κ1) is 15.9. The molecule has 6 heteroatoms. The molecule has 22 heavy (non-hydrogen) atoms. The van der Waals surface area contributed by atoms with Crippen LogP contribution in [0.2, 0.25) is 0 Å². The van der Waals surface area contributed by atoms with E-state index in [2.05, 4.69) is 16.4 Å². The highest BCUT2D eigenvalue weighted by molar-refractivity contribution is 8.00. The second kappa shape index (κ2) is 7.48. The number of carbonyl (C=O) groups excluding carboxylic acids is 1. The quantitative estimate of drug-likeness (QED) is 0.822. The molecule has 0 fully saturated rings. The van der Waals surface area contributed by atoms with Gasteiger partial charge in [0.25, 0.3) is 0 Å². The van der Waals surface area contributed by atoms with Gasteiger partial charge in [-0.25, -0.2) is 0 Å². The number of nitriles is 1. The molecule has 2 N–H and O–H groups in total. The monoisotopic (exact) mass is 313 g/mol. The van der Waals surface area contributed by atoms with Crippen molar-refractivity contribution in [2.24, 2.45) is 0 Å².